The quantitative estimate of drug-likeness (QED) is 0.695. The number of carboxylic acids is 1. The van der Waals surface area contributed by atoms with Crippen LogP contribution in [-0.4, -0.2) is 29.2 Å². The fourth-order valence-corrected chi connectivity index (χ4v) is 1.05. The monoisotopic (exact) mass is 252 g/mol. The molecular weight excluding hydrogens is 241 g/mol. The Morgan fingerprint density at radius 3 is 2.35 bits per heavy atom. The maximum atomic E-state index is 11.9. The Labute approximate surface area is 95.2 Å². The molecule has 8 heteroatoms. The molecule has 0 fully saturated rings. The van der Waals surface area contributed by atoms with Crippen LogP contribution in [0.1, 0.15) is 25.7 Å². The Kier molecular flexibility index (Phi) is 6.02. The molecule has 0 radical (unpaired) electrons. The van der Waals surface area contributed by atoms with E-state index in [0.29, 0.717) is 6.42 Å². The van der Waals surface area contributed by atoms with Gasteiger partial charge in [0.2, 0.25) is 0 Å². The van der Waals surface area contributed by atoms with E-state index >= 15 is 0 Å². The summed E-state index contributed by atoms with van der Waals surface area (Å²) in [7, 11) is 0. The number of hydrogen-bond donors (Lipinski definition) is 2. The number of amides is 1. The van der Waals surface area contributed by atoms with Gasteiger partial charge in [-0.15, -0.1) is 0 Å². The molecule has 0 saturated carbocycles. The third-order valence-corrected chi connectivity index (χ3v) is 1.89. The molecular formula is C9H11F3N2O3. The van der Waals surface area contributed by atoms with Crippen LogP contribution in [0.4, 0.5) is 13.2 Å². The van der Waals surface area contributed by atoms with Crippen LogP contribution in [0.25, 0.3) is 0 Å². The van der Waals surface area contributed by atoms with E-state index in [2.05, 4.69) is 0 Å². The molecule has 17 heavy (non-hydrogen) atoms. The molecule has 0 heterocycles. The van der Waals surface area contributed by atoms with Crippen molar-refractivity contribution in [3.8, 4) is 6.07 Å². The van der Waals surface area contributed by atoms with Gasteiger partial charge in [-0.2, -0.15) is 18.4 Å². The first kappa shape index (κ1) is 15.2. The smallest absolute Gasteiger partial charge is 0.471 e. The van der Waals surface area contributed by atoms with Crippen molar-refractivity contribution in [2.24, 2.45) is 0 Å². The van der Waals surface area contributed by atoms with Gasteiger partial charge in [0.15, 0.2) is 0 Å². The van der Waals surface area contributed by atoms with E-state index in [1.165, 1.54) is 5.32 Å². The number of unbranched alkanes of at least 4 members (excludes halogenated alkanes) is 2. The van der Waals surface area contributed by atoms with Crippen LogP contribution >= 0.6 is 0 Å². The summed E-state index contributed by atoms with van der Waals surface area (Å²) in [5, 5.41) is 18.2. The number of halogens is 3. The molecule has 2 N–H and O–H groups in total. The number of alkyl halides is 3. The summed E-state index contributed by atoms with van der Waals surface area (Å²) in [5.41, 5.74) is 0. The van der Waals surface area contributed by atoms with Crippen LogP contribution in [0.2, 0.25) is 0 Å². The highest BCUT2D eigenvalue weighted by atomic mass is 19.4. The standard InChI is InChI=1S/C9H11F3N2O3/c10-9(11,12)8(17)14-6(7(15)16)4-2-1-3-5-13/h6H,1-4H2,(H,14,17)(H,15,16). The highest BCUT2D eigenvalue weighted by molar-refractivity contribution is 5.86. The normalized spacial score (nSPS) is 12.6. The number of nitrogens with one attached hydrogen (secondary N) is 1. The highest BCUT2D eigenvalue weighted by Gasteiger charge is 2.40. The van der Waals surface area contributed by atoms with Crippen LogP contribution in [0.5, 0.6) is 0 Å². The first-order valence-electron chi connectivity index (χ1n) is 4.76. The van der Waals surface area contributed by atoms with E-state index in [-0.39, 0.29) is 19.3 Å². The van der Waals surface area contributed by atoms with Crippen molar-refractivity contribution in [1.82, 2.24) is 5.32 Å². The van der Waals surface area contributed by atoms with Gasteiger partial charge in [0.1, 0.15) is 6.04 Å². The van der Waals surface area contributed by atoms with Gasteiger partial charge in [0.05, 0.1) is 6.07 Å². The molecule has 0 aromatic carbocycles. The van der Waals surface area contributed by atoms with E-state index < -0.39 is 24.1 Å². The SMILES string of the molecule is N#CCCCCC(NC(=O)C(F)(F)F)C(=O)O. The minimum absolute atomic E-state index is 0.140. The number of carbonyl (C=O) groups is 2. The number of aliphatic carboxylic acids is 1. The Morgan fingerprint density at radius 2 is 1.94 bits per heavy atom. The van der Waals surface area contributed by atoms with E-state index in [1.54, 1.807) is 0 Å². The number of nitrogens with zero attached hydrogens (tertiary/aromatic N) is 1. The zero-order valence-corrected chi connectivity index (χ0v) is 8.75. The molecule has 0 rings (SSSR count). The van der Waals surface area contributed by atoms with Crippen molar-refractivity contribution < 1.29 is 27.9 Å². The summed E-state index contributed by atoms with van der Waals surface area (Å²) in [4.78, 5) is 21.1. The van der Waals surface area contributed by atoms with Crippen LogP contribution in [0.3, 0.4) is 0 Å². The average Bonchev–Trinajstić information content (AvgIpc) is 2.20. The molecule has 0 aliphatic rings. The molecule has 0 aliphatic heterocycles. The molecule has 0 aliphatic carbocycles. The fourth-order valence-electron chi connectivity index (χ4n) is 1.05. The van der Waals surface area contributed by atoms with E-state index in [4.69, 9.17) is 10.4 Å². The van der Waals surface area contributed by atoms with Crippen molar-refractivity contribution in [3.05, 3.63) is 0 Å². The van der Waals surface area contributed by atoms with E-state index in [9.17, 15) is 22.8 Å². The molecule has 96 valence electrons. The lowest BCUT2D eigenvalue weighted by Gasteiger charge is -2.15. The molecule has 0 aromatic rings. The van der Waals surface area contributed by atoms with Gasteiger partial charge in [-0.25, -0.2) is 4.79 Å². The van der Waals surface area contributed by atoms with Crippen molar-refractivity contribution in [2.45, 2.75) is 37.9 Å². The molecule has 0 bridgehead atoms. The maximum absolute atomic E-state index is 11.9. The zero-order valence-electron chi connectivity index (χ0n) is 8.75. The maximum Gasteiger partial charge on any atom is 0.471 e. The lowest BCUT2D eigenvalue weighted by atomic mass is 10.1. The summed E-state index contributed by atoms with van der Waals surface area (Å²) < 4.78 is 35.6. The van der Waals surface area contributed by atoms with Gasteiger partial charge in [0, 0.05) is 6.42 Å². The van der Waals surface area contributed by atoms with Crippen LogP contribution in [0.15, 0.2) is 0 Å². The van der Waals surface area contributed by atoms with E-state index in [1.807, 2.05) is 6.07 Å². The van der Waals surface area contributed by atoms with Crippen molar-refractivity contribution in [3.63, 3.8) is 0 Å². The minimum atomic E-state index is -5.10. The summed E-state index contributed by atoms with van der Waals surface area (Å²) in [6.45, 7) is 0. The molecule has 0 aromatic heterocycles. The zero-order chi connectivity index (χ0) is 13.5. The number of rotatable bonds is 6. The molecule has 0 saturated heterocycles. The van der Waals surface area contributed by atoms with Gasteiger partial charge in [-0.3, -0.25) is 4.79 Å². The topological polar surface area (TPSA) is 90.2 Å². The minimum Gasteiger partial charge on any atom is -0.480 e. The lowest BCUT2D eigenvalue weighted by molar-refractivity contribution is -0.175. The van der Waals surface area contributed by atoms with Gasteiger partial charge in [-0.05, 0) is 19.3 Å². The number of hydrogen-bond acceptors (Lipinski definition) is 3. The highest BCUT2D eigenvalue weighted by Crippen LogP contribution is 2.15. The number of carboxylic acid groups (broad SMARTS) is 1. The molecule has 0 spiro atoms. The van der Waals surface area contributed by atoms with Crippen molar-refractivity contribution in [1.29, 1.82) is 5.26 Å². The third-order valence-electron chi connectivity index (χ3n) is 1.89. The largest absolute Gasteiger partial charge is 0.480 e. The van der Waals surface area contributed by atoms with Crippen LogP contribution in [0, 0.1) is 11.3 Å². The first-order chi connectivity index (χ1) is 7.79. The molecule has 1 unspecified atom stereocenters. The number of carbonyl (C=O) groups excluding carboxylic acids is 1. The Hall–Kier alpha value is -1.78. The lowest BCUT2D eigenvalue weighted by Crippen LogP contribution is -2.46. The van der Waals surface area contributed by atoms with Gasteiger partial charge < -0.3 is 10.4 Å². The second kappa shape index (κ2) is 6.73. The third kappa shape index (κ3) is 6.40. The van der Waals surface area contributed by atoms with Crippen LogP contribution < -0.4 is 5.32 Å². The molecule has 5 nitrogen and oxygen atoms in total. The van der Waals surface area contributed by atoms with Crippen molar-refractivity contribution in [2.75, 3.05) is 0 Å². The molecule has 1 amide bonds. The molecule has 1 atom stereocenters. The predicted octanol–water partition coefficient (Wildman–Crippen LogP) is 1.20. The first-order valence-corrected chi connectivity index (χ1v) is 4.76. The Balaban J connectivity index is 4.22. The van der Waals surface area contributed by atoms with Gasteiger partial charge in [0.25, 0.3) is 0 Å². The van der Waals surface area contributed by atoms with Gasteiger partial charge >= 0.3 is 18.1 Å². The fraction of sp³-hybridized carbons (Fsp3) is 0.667. The second-order valence-corrected chi connectivity index (χ2v) is 3.27. The summed E-state index contributed by atoms with van der Waals surface area (Å²) >= 11 is 0. The van der Waals surface area contributed by atoms with Gasteiger partial charge in [-0.1, -0.05) is 0 Å². The van der Waals surface area contributed by atoms with Crippen molar-refractivity contribution >= 4 is 11.9 Å². The second-order valence-electron chi connectivity index (χ2n) is 3.27. The average molecular weight is 252 g/mol. The summed E-state index contributed by atoms with van der Waals surface area (Å²) in [6.07, 6.45) is -4.41. The Morgan fingerprint density at radius 1 is 1.35 bits per heavy atom. The van der Waals surface area contributed by atoms with E-state index in [0.717, 1.165) is 0 Å². The number of nitriles is 1. The Bertz CT molecular complexity index is 322. The predicted molar refractivity (Wildman–Crippen MR) is 49.7 cm³/mol. The summed E-state index contributed by atoms with van der Waals surface area (Å²) in [5.74, 6) is -3.80. The van der Waals surface area contributed by atoms with Crippen LogP contribution in [-0.2, 0) is 9.59 Å². The summed E-state index contributed by atoms with van der Waals surface area (Å²) in [6, 6.07) is 0.240.